The number of ether oxygens (including phenoxy) is 1. The Morgan fingerprint density at radius 1 is 1.06 bits per heavy atom. The zero-order chi connectivity index (χ0) is 25.3. The number of nitrogen functional groups attached to an aromatic ring is 1. The summed E-state index contributed by atoms with van der Waals surface area (Å²) in [5.74, 6) is 2.58. The highest BCUT2D eigenvalue weighted by Crippen LogP contribution is 2.34. The molecule has 1 aromatic heterocycles. The predicted molar refractivity (Wildman–Crippen MR) is 144 cm³/mol. The lowest BCUT2D eigenvalue weighted by atomic mass is 9.90. The second kappa shape index (κ2) is 12.2. The zero-order valence-electron chi connectivity index (χ0n) is 20.9. The first kappa shape index (κ1) is 25.2. The second-order valence-corrected chi connectivity index (χ2v) is 9.30. The SMILES string of the molecule is CN(C)CC=CC(=O)N[C@@H]1CCC[C@H](Nc2ncnc(N)c2-c2ccc(Oc3ccccc3)cc2)C1. The molecule has 4 rings (SSSR count). The Kier molecular flexibility index (Phi) is 8.52. The van der Waals surface area contributed by atoms with Crippen LogP contribution in [0.5, 0.6) is 11.5 Å². The van der Waals surface area contributed by atoms with Crippen molar-refractivity contribution in [2.45, 2.75) is 37.8 Å². The molecular formula is C28H34N6O2. The lowest BCUT2D eigenvalue weighted by molar-refractivity contribution is -0.117. The molecular weight excluding hydrogens is 452 g/mol. The topological polar surface area (TPSA) is 105 Å². The van der Waals surface area contributed by atoms with Crippen LogP contribution in [-0.4, -0.2) is 53.5 Å². The summed E-state index contributed by atoms with van der Waals surface area (Å²) >= 11 is 0. The van der Waals surface area contributed by atoms with E-state index in [2.05, 4.69) is 20.6 Å². The quantitative estimate of drug-likeness (QED) is 0.383. The molecule has 0 spiro atoms. The van der Waals surface area contributed by atoms with Crippen molar-refractivity contribution >= 4 is 17.5 Å². The Labute approximate surface area is 212 Å². The van der Waals surface area contributed by atoms with Crippen molar-refractivity contribution < 1.29 is 9.53 Å². The van der Waals surface area contributed by atoms with Gasteiger partial charge in [0.15, 0.2) is 0 Å². The van der Waals surface area contributed by atoms with Crippen molar-refractivity contribution in [1.82, 2.24) is 20.2 Å². The molecule has 0 aliphatic heterocycles. The highest BCUT2D eigenvalue weighted by Gasteiger charge is 2.24. The minimum atomic E-state index is -0.0488. The maximum atomic E-state index is 12.3. The smallest absolute Gasteiger partial charge is 0.243 e. The lowest BCUT2D eigenvalue weighted by Gasteiger charge is -2.31. The fourth-order valence-corrected chi connectivity index (χ4v) is 4.37. The lowest BCUT2D eigenvalue weighted by Crippen LogP contribution is -2.41. The molecule has 8 heteroatoms. The summed E-state index contributed by atoms with van der Waals surface area (Å²) in [5.41, 5.74) is 7.96. The molecule has 0 bridgehead atoms. The van der Waals surface area contributed by atoms with Gasteiger partial charge >= 0.3 is 0 Å². The van der Waals surface area contributed by atoms with Crippen LogP contribution in [-0.2, 0) is 4.79 Å². The van der Waals surface area contributed by atoms with Crippen LogP contribution in [0.2, 0.25) is 0 Å². The van der Waals surface area contributed by atoms with Crippen LogP contribution in [0.1, 0.15) is 25.7 Å². The molecule has 1 heterocycles. The van der Waals surface area contributed by atoms with E-state index in [1.807, 2.05) is 79.7 Å². The van der Waals surface area contributed by atoms with E-state index < -0.39 is 0 Å². The maximum Gasteiger partial charge on any atom is 0.243 e. The molecule has 188 valence electrons. The number of carbonyl (C=O) groups is 1. The van der Waals surface area contributed by atoms with Gasteiger partial charge in [0, 0.05) is 24.7 Å². The normalized spacial score (nSPS) is 17.8. The minimum absolute atomic E-state index is 0.0488. The Morgan fingerprint density at radius 3 is 2.53 bits per heavy atom. The molecule has 1 saturated carbocycles. The standard InChI is InChI=1S/C28H34N6O2/c1-34(2)17-7-12-25(35)32-21-8-6-9-22(18-21)33-28-26(27(29)30-19-31-28)20-13-15-24(16-14-20)36-23-10-4-3-5-11-23/h3-5,7,10-16,19,21-22H,6,8-9,17-18H2,1-2H3,(H,32,35)(H3,29,30,31,33)/t21-,22+/m1/s1. The number of likely N-dealkylation sites (N-methyl/N-ethyl adjacent to an activating group) is 1. The molecule has 2 atom stereocenters. The van der Waals surface area contributed by atoms with Crippen molar-refractivity contribution in [3.05, 3.63) is 73.1 Å². The van der Waals surface area contributed by atoms with E-state index in [0.717, 1.165) is 54.9 Å². The van der Waals surface area contributed by atoms with Crippen LogP contribution in [0.3, 0.4) is 0 Å². The van der Waals surface area contributed by atoms with Gasteiger partial charge in [-0.1, -0.05) is 36.4 Å². The molecule has 1 aliphatic rings. The molecule has 36 heavy (non-hydrogen) atoms. The summed E-state index contributed by atoms with van der Waals surface area (Å²) in [6.45, 7) is 0.736. The van der Waals surface area contributed by atoms with Crippen molar-refractivity contribution in [3.63, 3.8) is 0 Å². The third-order valence-electron chi connectivity index (χ3n) is 6.10. The van der Waals surface area contributed by atoms with E-state index >= 15 is 0 Å². The molecule has 2 aromatic carbocycles. The highest BCUT2D eigenvalue weighted by molar-refractivity contribution is 5.87. The van der Waals surface area contributed by atoms with Gasteiger partial charge in [-0.05, 0) is 69.6 Å². The van der Waals surface area contributed by atoms with Crippen molar-refractivity contribution in [2.24, 2.45) is 0 Å². The number of amides is 1. The summed E-state index contributed by atoms with van der Waals surface area (Å²) in [7, 11) is 3.95. The molecule has 0 saturated heterocycles. The average molecular weight is 487 g/mol. The first-order valence-electron chi connectivity index (χ1n) is 12.3. The van der Waals surface area contributed by atoms with E-state index in [9.17, 15) is 4.79 Å². The zero-order valence-corrected chi connectivity index (χ0v) is 20.9. The van der Waals surface area contributed by atoms with Gasteiger partial charge in [0.1, 0.15) is 29.5 Å². The molecule has 0 radical (unpaired) electrons. The van der Waals surface area contributed by atoms with E-state index in [4.69, 9.17) is 10.5 Å². The van der Waals surface area contributed by atoms with Gasteiger partial charge < -0.3 is 26.0 Å². The number of rotatable bonds is 9. The van der Waals surface area contributed by atoms with Gasteiger partial charge in [0.05, 0.1) is 5.56 Å². The number of nitrogens with zero attached hydrogens (tertiary/aromatic N) is 3. The summed E-state index contributed by atoms with van der Waals surface area (Å²) < 4.78 is 5.91. The van der Waals surface area contributed by atoms with Gasteiger partial charge in [-0.3, -0.25) is 4.79 Å². The summed E-state index contributed by atoms with van der Waals surface area (Å²) in [6.07, 6.45) is 8.77. The monoisotopic (exact) mass is 486 g/mol. The number of benzene rings is 2. The van der Waals surface area contributed by atoms with Crippen LogP contribution in [0.15, 0.2) is 73.1 Å². The van der Waals surface area contributed by atoms with Gasteiger partial charge in [0.2, 0.25) is 5.91 Å². The minimum Gasteiger partial charge on any atom is -0.457 e. The molecule has 0 unspecified atom stereocenters. The van der Waals surface area contributed by atoms with Crippen LogP contribution < -0.4 is 21.1 Å². The molecule has 8 nitrogen and oxygen atoms in total. The Balaban J connectivity index is 1.42. The molecule has 1 fully saturated rings. The predicted octanol–water partition coefficient (Wildman–Crippen LogP) is 4.48. The fourth-order valence-electron chi connectivity index (χ4n) is 4.37. The number of hydrogen-bond acceptors (Lipinski definition) is 7. The largest absolute Gasteiger partial charge is 0.457 e. The van der Waals surface area contributed by atoms with E-state index in [1.165, 1.54) is 6.33 Å². The summed E-state index contributed by atoms with van der Waals surface area (Å²) in [6, 6.07) is 17.7. The van der Waals surface area contributed by atoms with Crippen LogP contribution >= 0.6 is 0 Å². The van der Waals surface area contributed by atoms with Crippen molar-refractivity contribution in [2.75, 3.05) is 31.7 Å². The maximum absolute atomic E-state index is 12.3. The van der Waals surface area contributed by atoms with Gasteiger partial charge in [-0.2, -0.15) is 0 Å². The Bertz CT molecular complexity index is 1160. The third kappa shape index (κ3) is 7.05. The van der Waals surface area contributed by atoms with Gasteiger partial charge in [-0.15, -0.1) is 0 Å². The number of carbonyl (C=O) groups excluding carboxylic acids is 1. The van der Waals surface area contributed by atoms with Crippen LogP contribution in [0.4, 0.5) is 11.6 Å². The molecule has 1 amide bonds. The van der Waals surface area contributed by atoms with Gasteiger partial charge in [0.25, 0.3) is 0 Å². The van der Waals surface area contributed by atoms with Crippen LogP contribution in [0.25, 0.3) is 11.1 Å². The third-order valence-corrected chi connectivity index (χ3v) is 6.10. The molecule has 1 aliphatic carbocycles. The highest BCUT2D eigenvalue weighted by atomic mass is 16.5. The number of para-hydroxylation sites is 1. The summed E-state index contributed by atoms with van der Waals surface area (Å²) in [5, 5.41) is 6.70. The number of nitrogens with two attached hydrogens (primary N) is 1. The number of nitrogens with one attached hydrogen (secondary N) is 2. The first-order chi connectivity index (χ1) is 17.5. The number of aromatic nitrogens is 2. The van der Waals surface area contributed by atoms with E-state index in [0.29, 0.717) is 11.6 Å². The molecule has 3 aromatic rings. The van der Waals surface area contributed by atoms with Gasteiger partial charge in [-0.25, -0.2) is 9.97 Å². The second-order valence-electron chi connectivity index (χ2n) is 9.30. The first-order valence-corrected chi connectivity index (χ1v) is 12.3. The summed E-state index contributed by atoms with van der Waals surface area (Å²) in [4.78, 5) is 23.0. The number of hydrogen-bond donors (Lipinski definition) is 3. The van der Waals surface area contributed by atoms with E-state index in [1.54, 1.807) is 6.08 Å². The number of anilines is 2. The Morgan fingerprint density at radius 2 is 1.78 bits per heavy atom. The van der Waals surface area contributed by atoms with E-state index in [-0.39, 0.29) is 18.0 Å². The van der Waals surface area contributed by atoms with Crippen molar-refractivity contribution in [1.29, 1.82) is 0 Å². The van der Waals surface area contributed by atoms with Crippen LogP contribution in [0, 0.1) is 0 Å². The van der Waals surface area contributed by atoms with Crippen molar-refractivity contribution in [3.8, 4) is 22.6 Å². The fraction of sp³-hybridized carbons (Fsp3) is 0.321. The molecule has 4 N–H and O–H groups in total. The average Bonchev–Trinajstić information content (AvgIpc) is 2.86. The Hall–Kier alpha value is -3.91.